The van der Waals surface area contributed by atoms with E-state index in [9.17, 15) is 4.79 Å². The third kappa shape index (κ3) is 6.48. The lowest BCUT2D eigenvalue weighted by atomic mass is 10.0. The van der Waals surface area contributed by atoms with Crippen LogP contribution in [0.25, 0.3) is 5.82 Å². The number of nitrogens with two attached hydrogens (primary N) is 1. The quantitative estimate of drug-likeness (QED) is 0.168. The summed E-state index contributed by atoms with van der Waals surface area (Å²) in [6, 6.07) is 11.8. The van der Waals surface area contributed by atoms with E-state index in [1.54, 1.807) is 36.4 Å². The summed E-state index contributed by atoms with van der Waals surface area (Å²) in [5.74, 6) is -0.954. The van der Waals surface area contributed by atoms with Gasteiger partial charge >= 0.3 is 5.69 Å². The molecule has 198 valence electrons. The number of ether oxygens (including phenoxy) is 2. The van der Waals surface area contributed by atoms with Crippen molar-refractivity contribution in [2.24, 2.45) is 5.73 Å². The van der Waals surface area contributed by atoms with E-state index < -0.39 is 23.5 Å². The second-order valence-electron chi connectivity index (χ2n) is 7.63. The standard InChI is InChI=1S/C22H21FN8O3.C2H4O2/c1-33-14-10-15(18(23)16(11-14)34-2)19(27-13-7-5-12(6-8-13)20(24)25)21-28-22(32)31(30-21)17-4-3-9-26-29-17;1-2(3)4/h3-11,19,27H,1-2H3,(H3,24,25)(H,28,30,32);1H3,(H,3,4)/t19-;/m0./s1. The van der Waals surface area contributed by atoms with Crippen LogP contribution in [0.2, 0.25) is 0 Å². The molecule has 0 aliphatic carbocycles. The maximum atomic E-state index is 15.4. The lowest BCUT2D eigenvalue weighted by molar-refractivity contribution is -0.134. The predicted octanol–water partition coefficient (Wildman–Crippen LogP) is 2.08. The number of methoxy groups -OCH3 is 2. The molecule has 2 aromatic heterocycles. The minimum absolute atomic E-state index is 0.0382. The molecule has 4 aromatic rings. The van der Waals surface area contributed by atoms with E-state index in [4.69, 9.17) is 30.5 Å². The number of H-pyrrole nitrogens is 1. The SMILES string of the molecule is CC(=O)O.COc1cc(OC)c(F)c([C@H](Nc2ccc(C(=N)N)cc2)c2nn(-c3cccnn3)c(=O)[nH]2)c1. The van der Waals surface area contributed by atoms with E-state index >= 15 is 4.39 Å². The fourth-order valence-electron chi connectivity index (χ4n) is 3.31. The zero-order chi connectivity index (χ0) is 27.8. The van der Waals surface area contributed by atoms with Crippen molar-refractivity contribution in [3.63, 3.8) is 0 Å². The molecule has 0 amide bonds. The Morgan fingerprint density at radius 1 is 1.21 bits per heavy atom. The van der Waals surface area contributed by atoms with Gasteiger partial charge in [0.15, 0.2) is 23.2 Å². The zero-order valence-corrected chi connectivity index (χ0v) is 20.6. The lowest BCUT2D eigenvalue weighted by Gasteiger charge is -2.20. The number of nitrogen functional groups attached to an aromatic ring is 1. The number of nitrogens with zero attached hydrogens (tertiary/aromatic N) is 4. The highest BCUT2D eigenvalue weighted by atomic mass is 19.1. The molecular weight excluding hydrogens is 499 g/mol. The van der Waals surface area contributed by atoms with Crippen LogP contribution in [-0.2, 0) is 4.79 Å². The molecule has 0 saturated heterocycles. The normalized spacial score (nSPS) is 11.1. The van der Waals surface area contributed by atoms with Gasteiger partial charge in [-0.15, -0.1) is 10.2 Å². The minimum Gasteiger partial charge on any atom is -0.497 e. The highest BCUT2D eigenvalue weighted by Crippen LogP contribution is 2.34. The van der Waals surface area contributed by atoms with Crippen molar-refractivity contribution in [3.05, 3.63) is 88.0 Å². The molecular formula is C24H25FN8O5. The van der Waals surface area contributed by atoms with Crippen LogP contribution < -0.4 is 26.2 Å². The lowest BCUT2D eigenvalue weighted by Crippen LogP contribution is -2.17. The van der Waals surface area contributed by atoms with E-state index in [-0.39, 0.29) is 28.8 Å². The largest absolute Gasteiger partial charge is 0.497 e. The first-order chi connectivity index (χ1) is 18.1. The van der Waals surface area contributed by atoms with Crippen LogP contribution in [0.1, 0.15) is 29.9 Å². The third-order valence-electron chi connectivity index (χ3n) is 5.00. The number of carboxylic acid groups (broad SMARTS) is 1. The van der Waals surface area contributed by atoms with Crippen molar-refractivity contribution >= 4 is 17.5 Å². The van der Waals surface area contributed by atoms with Gasteiger partial charge < -0.3 is 25.6 Å². The Hall–Kier alpha value is -5.27. The molecule has 4 rings (SSSR count). The number of hydrogen-bond acceptors (Lipinski definition) is 9. The van der Waals surface area contributed by atoms with Crippen molar-refractivity contribution in [1.82, 2.24) is 25.0 Å². The molecule has 14 heteroatoms. The Labute approximate surface area is 215 Å². The summed E-state index contributed by atoms with van der Waals surface area (Å²) in [4.78, 5) is 24.3. The number of nitrogens with one attached hydrogen (secondary N) is 3. The fraction of sp³-hybridized carbons (Fsp3) is 0.167. The number of aliphatic carboxylic acids is 1. The molecule has 2 heterocycles. The molecule has 0 unspecified atom stereocenters. The summed E-state index contributed by atoms with van der Waals surface area (Å²) in [5, 5.41) is 30.1. The first kappa shape index (κ1) is 27.3. The summed E-state index contributed by atoms with van der Waals surface area (Å²) in [7, 11) is 2.79. The monoisotopic (exact) mass is 524 g/mol. The number of aromatic nitrogens is 5. The number of rotatable bonds is 8. The van der Waals surface area contributed by atoms with Gasteiger partial charge in [-0.25, -0.2) is 9.18 Å². The molecule has 0 radical (unpaired) electrons. The maximum Gasteiger partial charge on any atom is 0.349 e. The first-order valence-electron chi connectivity index (χ1n) is 10.9. The average molecular weight is 525 g/mol. The smallest absolute Gasteiger partial charge is 0.349 e. The second-order valence-corrected chi connectivity index (χ2v) is 7.63. The molecule has 13 nitrogen and oxygen atoms in total. The summed E-state index contributed by atoms with van der Waals surface area (Å²) in [5.41, 5.74) is 6.15. The van der Waals surface area contributed by atoms with Gasteiger partial charge in [-0.05, 0) is 42.5 Å². The van der Waals surface area contributed by atoms with Gasteiger partial charge in [0.05, 0.1) is 14.2 Å². The Balaban J connectivity index is 0.000000934. The second kappa shape index (κ2) is 12.1. The highest BCUT2D eigenvalue weighted by Gasteiger charge is 2.26. The summed E-state index contributed by atoms with van der Waals surface area (Å²) in [6.07, 6.45) is 1.47. The van der Waals surface area contributed by atoms with Crippen molar-refractivity contribution in [3.8, 4) is 17.3 Å². The first-order valence-corrected chi connectivity index (χ1v) is 10.9. The van der Waals surface area contributed by atoms with Gasteiger partial charge in [-0.3, -0.25) is 15.2 Å². The van der Waals surface area contributed by atoms with Crippen LogP contribution in [0.5, 0.6) is 11.5 Å². The topological polar surface area (TPSA) is 194 Å². The third-order valence-corrected chi connectivity index (χ3v) is 5.00. The molecule has 0 aliphatic heterocycles. The molecule has 0 bridgehead atoms. The number of benzene rings is 2. The Bertz CT molecular complexity index is 1470. The van der Waals surface area contributed by atoms with Crippen molar-refractivity contribution in [2.75, 3.05) is 19.5 Å². The number of carbonyl (C=O) groups is 1. The van der Waals surface area contributed by atoms with Crippen molar-refractivity contribution < 1.29 is 23.8 Å². The maximum absolute atomic E-state index is 15.4. The molecule has 1 atom stereocenters. The highest BCUT2D eigenvalue weighted by molar-refractivity contribution is 5.95. The molecule has 0 aliphatic rings. The predicted molar refractivity (Wildman–Crippen MR) is 136 cm³/mol. The summed E-state index contributed by atoms with van der Waals surface area (Å²) < 4.78 is 26.9. The minimum atomic E-state index is -0.960. The van der Waals surface area contributed by atoms with Crippen LogP contribution in [0.3, 0.4) is 0 Å². The van der Waals surface area contributed by atoms with Crippen molar-refractivity contribution in [1.29, 1.82) is 5.41 Å². The van der Waals surface area contributed by atoms with Crippen LogP contribution in [0.4, 0.5) is 10.1 Å². The number of carboxylic acids is 1. The van der Waals surface area contributed by atoms with Gasteiger partial charge in [-0.2, -0.15) is 9.78 Å². The molecule has 0 spiro atoms. The molecule has 38 heavy (non-hydrogen) atoms. The molecule has 6 N–H and O–H groups in total. The van der Waals surface area contributed by atoms with Gasteiger partial charge in [-0.1, -0.05) is 0 Å². The van der Waals surface area contributed by atoms with Gasteiger partial charge in [0.2, 0.25) is 0 Å². The van der Waals surface area contributed by atoms with Gasteiger partial charge in [0, 0.05) is 36.0 Å². The number of halogens is 1. The Morgan fingerprint density at radius 2 is 1.89 bits per heavy atom. The number of hydrogen-bond donors (Lipinski definition) is 5. The van der Waals surface area contributed by atoms with E-state index in [1.165, 1.54) is 32.5 Å². The summed E-state index contributed by atoms with van der Waals surface area (Å²) in [6.45, 7) is 1.08. The number of amidine groups is 1. The average Bonchev–Trinajstić information content (AvgIpc) is 3.29. The van der Waals surface area contributed by atoms with E-state index in [1.807, 2.05) is 0 Å². The number of anilines is 1. The van der Waals surface area contributed by atoms with Crippen molar-refractivity contribution in [2.45, 2.75) is 13.0 Å². The summed E-state index contributed by atoms with van der Waals surface area (Å²) >= 11 is 0. The molecule has 0 saturated carbocycles. The van der Waals surface area contributed by atoms with Crippen LogP contribution in [-0.4, -0.2) is 56.1 Å². The van der Waals surface area contributed by atoms with E-state index in [0.29, 0.717) is 17.0 Å². The van der Waals surface area contributed by atoms with Crippen LogP contribution in [0.15, 0.2) is 59.5 Å². The van der Waals surface area contributed by atoms with E-state index in [0.717, 1.165) is 11.6 Å². The van der Waals surface area contributed by atoms with Crippen LogP contribution >= 0.6 is 0 Å². The van der Waals surface area contributed by atoms with E-state index in [2.05, 4.69) is 25.6 Å². The zero-order valence-electron chi connectivity index (χ0n) is 20.6. The Kier molecular flexibility index (Phi) is 8.71. The van der Waals surface area contributed by atoms with Gasteiger partial charge in [0.25, 0.3) is 5.97 Å². The molecule has 2 aromatic carbocycles. The number of aromatic amines is 1. The molecule has 0 fully saturated rings. The van der Waals surface area contributed by atoms with Gasteiger partial charge in [0.1, 0.15) is 17.6 Å². The van der Waals surface area contributed by atoms with Crippen LogP contribution in [0, 0.1) is 11.2 Å². The Morgan fingerprint density at radius 3 is 2.45 bits per heavy atom. The fourth-order valence-corrected chi connectivity index (χ4v) is 3.31.